The smallest absolute Gasteiger partial charge is 0.363 e. The largest absolute Gasteiger partial charge is 0.493 e. The molecule has 0 saturated heterocycles. The van der Waals surface area contributed by atoms with Crippen molar-refractivity contribution in [2.75, 3.05) is 7.11 Å². The third kappa shape index (κ3) is 4.51. The van der Waals surface area contributed by atoms with Crippen molar-refractivity contribution in [2.45, 2.75) is 6.61 Å². The first kappa shape index (κ1) is 20.8. The van der Waals surface area contributed by atoms with Gasteiger partial charge in [-0.05, 0) is 46.3 Å². The first-order valence-corrected chi connectivity index (χ1v) is 10.2. The Bertz CT molecular complexity index is 1210. The van der Waals surface area contributed by atoms with Crippen LogP contribution in [-0.2, 0) is 16.1 Å². The topological polar surface area (TPSA) is 57.1 Å². The normalized spacial score (nSPS) is 14.4. The van der Waals surface area contributed by atoms with Crippen LogP contribution in [-0.4, -0.2) is 19.0 Å². The zero-order valence-electron chi connectivity index (χ0n) is 16.5. The zero-order chi connectivity index (χ0) is 21.8. The van der Waals surface area contributed by atoms with Gasteiger partial charge < -0.3 is 14.2 Å². The van der Waals surface area contributed by atoms with Gasteiger partial charge in [-0.15, -0.1) is 0 Å². The fraction of sp³-hybridized carbons (Fsp3) is 0.0833. The van der Waals surface area contributed by atoms with Gasteiger partial charge in [0.1, 0.15) is 12.4 Å². The van der Waals surface area contributed by atoms with Crippen molar-refractivity contribution in [1.29, 1.82) is 0 Å². The highest BCUT2D eigenvalue weighted by atomic mass is 79.9. The van der Waals surface area contributed by atoms with E-state index >= 15 is 0 Å². The number of carbonyl (C=O) groups is 1. The number of benzene rings is 3. The fourth-order valence-corrected chi connectivity index (χ4v) is 3.49. The lowest BCUT2D eigenvalue weighted by Gasteiger charge is -2.14. The Morgan fingerprint density at radius 1 is 1.06 bits per heavy atom. The van der Waals surface area contributed by atoms with Crippen molar-refractivity contribution in [1.82, 2.24) is 0 Å². The molecule has 156 valence electrons. The van der Waals surface area contributed by atoms with E-state index in [0.717, 1.165) is 4.47 Å². The minimum absolute atomic E-state index is 0.000847. The molecule has 4 rings (SSSR count). The van der Waals surface area contributed by atoms with Crippen molar-refractivity contribution in [3.8, 4) is 11.5 Å². The molecule has 0 aromatic heterocycles. The van der Waals surface area contributed by atoms with Crippen LogP contribution in [0.1, 0.15) is 16.7 Å². The van der Waals surface area contributed by atoms with Crippen molar-refractivity contribution in [2.24, 2.45) is 4.99 Å². The van der Waals surface area contributed by atoms with Crippen molar-refractivity contribution >= 4 is 33.9 Å². The number of methoxy groups -OCH3 is 1. The fourth-order valence-electron chi connectivity index (χ4n) is 3.03. The highest BCUT2D eigenvalue weighted by Crippen LogP contribution is 2.34. The van der Waals surface area contributed by atoms with Gasteiger partial charge in [-0.2, -0.15) is 0 Å². The quantitative estimate of drug-likeness (QED) is 0.343. The molecule has 0 bridgehead atoms. The highest BCUT2D eigenvalue weighted by molar-refractivity contribution is 9.10. The second kappa shape index (κ2) is 9.14. The summed E-state index contributed by atoms with van der Waals surface area (Å²) in [7, 11) is 1.51. The molecular formula is C24H17BrFNO4. The molecule has 0 amide bonds. The summed E-state index contributed by atoms with van der Waals surface area (Å²) in [4.78, 5) is 16.8. The summed E-state index contributed by atoms with van der Waals surface area (Å²) >= 11 is 3.43. The molecule has 3 aromatic carbocycles. The molecule has 0 spiro atoms. The number of carbonyl (C=O) groups excluding carboxylic acids is 1. The Balaban J connectivity index is 1.68. The monoisotopic (exact) mass is 481 g/mol. The number of cyclic esters (lactones) is 1. The summed E-state index contributed by atoms with van der Waals surface area (Å²) < 4.78 is 31.4. The molecule has 1 aliphatic rings. The van der Waals surface area contributed by atoms with Crippen LogP contribution in [0.25, 0.3) is 6.08 Å². The van der Waals surface area contributed by atoms with E-state index in [0.29, 0.717) is 28.2 Å². The molecule has 0 aliphatic carbocycles. The average Bonchev–Trinajstić information content (AvgIpc) is 3.14. The number of rotatable bonds is 6. The third-order valence-corrected chi connectivity index (χ3v) is 5.27. The van der Waals surface area contributed by atoms with E-state index in [1.807, 2.05) is 18.2 Å². The minimum atomic E-state index is -0.575. The number of hydrogen-bond acceptors (Lipinski definition) is 5. The lowest BCUT2D eigenvalue weighted by molar-refractivity contribution is -0.129. The van der Waals surface area contributed by atoms with Gasteiger partial charge in [0.25, 0.3) is 0 Å². The molecule has 5 nitrogen and oxygen atoms in total. The molecule has 0 N–H and O–H groups in total. The van der Waals surface area contributed by atoms with Gasteiger partial charge in [-0.1, -0.05) is 42.5 Å². The summed E-state index contributed by atoms with van der Waals surface area (Å²) in [6.07, 6.45) is 1.56. The van der Waals surface area contributed by atoms with Gasteiger partial charge in [0.15, 0.2) is 17.2 Å². The van der Waals surface area contributed by atoms with Crippen LogP contribution in [0.5, 0.6) is 11.5 Å². The molecule has 0 saturated carbocycles. The maximum atomic E-state index is 14.0. The van der Waals surface area contributed by atoms with Crippen molar-refractivity contribution in [3.63, 3.8) is 0 Å². The van der Waals surface area contributed by atoms with Gasteiger partial charge in [0.2, 0.25) is 5.90 Å². The Morgan fingerprint density at radius 2 is 1.84 bits per heavy atom. The van der Waals surface area contributed by atoms with Gasteiger partial charge in [-0.3, -0.25) is 0 Å². The second-order valence-corrected chi connectivity index (χ2v) is 7.43. The van der Waals surface area contributed by atoms with E-state index < -0.39 is 5.97 Å². The lowest BCUT2D eigenvalue weighted by Crippen LogP contribution is -2.06. The summed E-state index contributed by atoms with van der Waals surface area (Å²) in [5.41, 5.74) is 1.75. The average molecular weight is 482 g/mol. The second-order valence-electron chi connectivity index (χ2n) is 6.57. The number of ether oxygens (including phenoxy) is 3. The summed E-state index contributed by atoms with van der Waals surface area (Å²) in [6.45, 7) is -0.000847. The van der Waals surface area contributed by atoms with Gasteiger partial charge >= 0.3 is 5.97 Å². The maximum Gasteiger partial charge on any atom is 0.363 e. The van der Waals surface area contributed by atoms with Crippen LogP contribution < -0.4 is 9.47 Å². The number of halogens is 2. The maximum absolute atomic E-state index is 14.0. The molecule has 1 heterocycles. The third-order valence-electron chi connectivity index (χ3n) is 4.58. The van der Waals surface area contributed by atoms with Crippen LogP contribution in [0.4, 0.5) is 4.39 Å². The number of nitrogens with zero attached hydrogens (tertiary/aromatic N) is 1. The molecule has 0 atom stereocenters. The zero-order valence-corrected chi connectivity index (χ0v) is 18.1. The molecule has 3 aromatic rings. The Hall–Kier alpha value is -3.45. The van der Waals surface area contributed by atoms with E-state index in [1.54, 1.807) is 48.5 Å². The molecule has 0 unspecified atom stereocenters. The number of esters is 1. The Morgan fingerprint density at radius 3 is 2.61 bits per heavy atom. The van der Waals surface area contributed by atoms with Crippen LogP contribution in [0.15, 0.2) is 81.9 Å². The predicted octanol–water partition coefficient (Wildman–Crippen LogP) is 5.52. The van der Waals surface area contributed by atoms with Gasteiger partial charge in [-0.25, -0.2) is 14.2 Å². The van der Waals surface area contributed by atoms with E-state index in [-0.39, 0.29) is 24.0 Å². The van der Waals surface area contributed by atoms with E-state index in [2.05, 4.69) is 20.9 Å². The standard InChI is InChI=1S/C24H17BrFNO4/c1-29-21-12-6-8-15(22(21)30-14-16-7-2-5-11-19(16)26)13-20-24(28)31-23(27-20)17-9-3-4-10-18(17)25/h2-13H,14H2,1H3/b20-13-. The summed E-state index contributed by atoms with van der Waals surface area (Å²) in [6, 6.07) is 18.9. The van der Waals surface area contributed by atoms with Gasteiger partial charge in [0.05, 0.1) is 12.7 Å². The molecule has 0 fully saturated rings. The van der Waals surface area contributed by atoms with Gasteiger partial charge in [0, 0.05) is 15.6 Å². The Kier molecular flexibility index (Phi) is 6.13. The summed E-state index contributed by atoms with van der Waals surface area (Å²) in [5, 5.41) is 0. The first-order chi connectivity index (χ1) is 15.1. The van der Waals surface area contributed by atoms with Crippen LogP contribution in [0.3, 0.4) is 0 Å². The summed E-state index contributed by atoms with van der Waals surface area (Å²) in [5.74, 6) is 0.0959. The van der Waals surface area contributed by atoms with Crippen molar-refractivity contribution in [3.05, 3.63) is 99.4 Å². The Labute approximate surface area is 186 Å². The molecule has 31 heavy (non-hydrogen) atoms. The SMILES string of the molecule is COc1cccc(/C=C2\N=C(c3ccccc3Br)OC2=O)c1OCc1ccccc1F. The number of hydrogen-bond donors (Lipinski definition) is 0. The molecule has 0 radical (unpaired) electrons. The molecular weight excluding hydrogens is 465 g/mol. The van der Waals surface area contributed by atoms with Crippen LogP contribution in [0.2, 0.25) is 0 Å². The van der Waals surface area contributed by atoms with E-state index in [9.17, 15) is 9.18 Å². The molecule has 7 heteroatoms. The molecule has 1 aliphatic heterocycles. The first-order valence-electron chi connectivity index (χ1n) is 9.37. The number of aliphatic imine (C=N–C) groups is 1. The van der Waals surface area contributed by atoms with E-state index in [4.69, 9.17) is 14.2 Å². The highest BCUT2D eigenvalue weighted by Gasteiger charge is 2.26. The van der Waals surface area contributed by atoms with E-state index in [1.165, 1.54) is 13.2 Å². The lowest BCUT2D eigenvalue weighted by atomic mass is 10.1. The minimum Gasteiger partial charge on any atom is -0.493 e. The van der Waals surface area contributed by atoms with Crippen LogP contribution in [0, 0.1) is 5.82 Å². The van der Waals surface area contributed by atoms with Crippen molar-refractivity contribution < 1.29 is 23.4 Å². The predicted molar refractivity (Wildman–Crippen MR) is 118 cm³/mol. The number of para-hydroxylation sites is 1. The van der Waals surface area contributed by atoms with Crippen LogP contribution >= 0.6 is 15.9 Å².